The summed E-state index contributed by atoms with van der Waals surface area (Å²) in [5.41, 5.74) is 0.734. The zero-order valence-electron chi connectivity index (χ0n) is 19.5. The molecule has 0 atom stereocenters. The van der Waals surface area contributed by atoms with Gasteiger partial charge in [0.15, 0.2) is 5.13 Å². The Kier molecular flexibility index (Phi) is 8.95. The summed E-state index contributed by atoms with van der Waals surface area (Å²) in [4.78, 5) is 34.7. The van der Waals surface area contributed by atoms with E-state index in [1.165, 1.54) is 28.4 Å². The van der Waals surface area contributed by atoms with Gasteiger partial charge in [0.25, 0.3) is 11.6 Å². The molecule has 3 aromatic rings. The van der Waals surface area contributed by atoms with E-state index >= 15 is 0 Å². The van der Waals surface area contributed by atoms with Crippen LogP contribution in [0.5, 0.6) is 0 Å². The summed E-state index contributed by atoms with van der Waals surface area (Å²) in [6.45, 7) is 3.15. The highest BCUT2D eigenvalue weighted by molar-refractivity contribution is 7.22. The first-order chi connectivity index (χ1) is 16.3. The van der Waals surface area contributed by atoms with Gasteiger partial charge in [0.2, 0.25) is 0 Å². The van der Waals surface area contributed by atoms with Crippen molar-refractivity contribution in [2.75, 3.05) is 63.3 Å². The van der Waals surface area contributed by atoms with E-state index < -0.39 is 16.6 Å². The van der Waals surface area contributed by atoms with Crippen molar-refractivity contribution in [2.24, 2.45) is 0 Å². The molecule has 35 heavy (non-hydrogen) atoms. The Morgan fingerprint density at radius 1 is 1.23 bits per heavy atom. The van der Waals surface area contributed by atoms with Crippen molar-refractivity contribution in [3.8, 4) is 0 Å². The third kappa shape index (κ3) is 6.04. The maximum absolute atomic E-state index is 14.3. The number of para-hydroxylation sites is 1. The van der Waals surface area contributed by atoms with Crippen LogP contribution < -0.4 is 9.80 Å². The largest absolute Gasteiger partial charge is 0.378 e. The number of aromatic nitrogens is 1. The molecule has 9 nitrogen and oxygen atoms in total. The van der Waals surface area contributed by atoms with E-state index in [-0.39, 0.29) is 29.2 Å². The molecule has 0 saturated carbocycles. The van der Waals surface area contributed by atoms with E-state index in [9.17, 15) is 19.3 Å². The number of hydrogen-bond acceptors (Lipinski definition) is 8. The van der Waals surface area contributed by atoms with E-state index in [2.05, 4.69) is 4.98 Å². The predicted molar refractivity (Wildman–Crippen MR) is 138 cm³/mol. The highest BCUT2D eigenvalue weighted by Crippen LogP contribution is 2.33. The molecule has 188 valence electrons. The first kappa shape index (κ1) is 26.7. The Hall–Kier alpha value is -2.86. The van der Waals surface area contributed by atoms with Crippen LogP contribution in [0, 0.1) is 15.9 Å². The second kappa shape index (κ2) is 11.7. The molecule has 1 fully saturated rings. The number of carbonyl (C=O) groups excluding carboxylic acids is 1. The normalized spacial score (nSPS) is 13.7. The van der Waals surface area contributed by atoms with Crippen molar-refractivity contribution in [3.05, 3.63) is 57.9 Å². The third-order valence-electron chi connectivity index (χ3n) is 5.59. The molecule has 0 N–H and O–H groups in total. The van der Waals surface area contributed by atoms with Crippen LogP contribution in [-0.2, 0) is 4.74 Å². The fourth-order valence-electron chi connectivity index (χ4n) is 3.88. The monoisotopic (exact) mass is 523 g/mol. The van der Waals surface area contributed by atoms with Gasteiger partial charge in [-0.05, 0) is 51.3 Å². The molecule has 0 unspecified atom stereocenters. The summed E-state index contributed by atoms with van der Waals surface area (Å²) in [7, 11) is 3.87. The van der Waals surface area contributed by atoms with Gasteiger partial charge >= 0.3 is 0 Å². The standard InChI is InChI=1S/C23H26FN5O4S.ClH/c1-26(2)9-4-10-28(23-25-21-17(24)5-3-6-20(21)34-23)22(30)16-7-8-18(19(15-16)29(31)32)27-11-13-33-14-12-27;/h3,5-8,15H,4,9-14H2,1-2H3;1H. The number of rotatable bonds is 8. The Morgan fingerprint density at radius 2 is 1.97 bits per heavy atom. The second-order valence-corrected chi connectivity index (χ2v) is 9.27. The lowest BCUT2D eigenvalue weighted by Crippen LogP contribution is -2.37. The first-order valence-electron chi connectivity index (χ1n) is 11.0. The van der Waals surface area contributed by atoms with Crippen molar-refractivity contribution in [2.45, 2.75) is 6.42 Å². The van der Waals surface area contributed by atoms with Crippen molar-refractivity contribution in [1.29, 1.82) is 0 Å². The van der Waals surface area contributed by atoms with Gasteiger partial charge in [-0.3, -0.25) is 19.8 Å². The lowest BCUT2D eigenvalue weighted by Gasteiger charge is -2.28. The highest BCUT2D eigenvalue weighted by Gasteiger charge is 2.27. The molecule has 1 aromatic heterocycles. The smallest absolute Gasteiger partial charge is 0.293 e. The quantitative estimate of drug-likeness (QED) is 0.323. The number of nitro groups is 1. The molecule has 0 aliphatic carbocycles. The van der Waals surface area contributed by atoms with Gasteiger partial charge in [0.05, 0.1) is 22.8 Å². The van der Waals surface area contributed by atoms with Gasteiger partial charge in [0, 0.05) is 31.3 Å². The van der Waals surface area contributed by atoms with Crippen LogP contribution in [0.1, 0.15) is 16.8 Å². The number of nitro benzene ring substituents is 1. The van der Waals surface area contributed by atoms with Crippen LogP contribution in [0.25, 0.3) is 10.2 Å². The van der Waals surface area contributed by atoms with Gasteiger partial charge in [-0.2, -0.15) is 0 Å². The summed E-state index contributed by atoms with van der Waals surface area (Å²) in [6.07, 6.45) is 0.658. The maximum Gasteiger partial charge on any atom is 0.293 e. The molecular formula is C23H27ClFN5O4S. The number of ether oxygens (including phenoxy) is 1. The number of halogens is 2. The molecule has 4 rings (SSSR count). The molecule has 0 bridgehead atoms. The lowest BCUT2D eigenvalue weighted by atomic mass is 10.1. The van der Waals surface area contributed by atoms with Crippen LogP contribution in [-0.4, -0.2) is 74.2 Å². The summed E-state index contributed by atoms with van der Waals surface area (Å²) in [5.74, 6) is -0.860. The Balaban J connectivity index is 0.00000342. The van der Waals surface area contributed by atoms with Gasteiger partial charge < -0.3 is 14.5 Å². The summed E-state index contributed by atoms with van der Waals surface area (Å²) in [5, 5.41) is 12.2. The van der Waals surface area contributed by atoms with E-state index in [1.54, 1.807) is 24.3 Å². The van der Waals surface area contributed by atoms with Gasteiger partial charge in [-0.1, -0.05) is 17.4 Å². The van der Waals surface area contributed by atoms with Crippen molar-refractivity contribution in [1.82, 2.24) is 9.88 Å². The van der Waals surface area contributed by atoms with Crippen LogP contribution in [0.3, 0.4) is 0 Å². The van der Waals surface area contributed by atoms with Crippen LogP contribution in [0.15, 0.2) is 36.4 Å². The number of fused-ring (bicyclic) bond motifs is 1. The van der Waals surface area contributed by atoms with Gasteiger partial charge in [0.1, 0.15) is 17.0 Å². The summed E-state index contributed by atoms with van der Waals surface area (Å²) >= 11 is 1.22. The SMILES string of the molecule is CN(C)CCCN(C(=O)c1ccc(N2CCOCC2)c([N+](=O)[O-])c1)c1nc2c(F)cccc2s1.Cl. The highest BCUT2D eigenvalue weighted by atomic mass is 35.5. The average Bonchev–Trinajstić information content (AvgIpc) is 3.27. The molecule has 2 aromatic carbocycles. The number of benzene rings is 2. The number of thiazole rings is 1. The van der Waals surface area contributed by atoms with E-state index in [0.29, 0.717) is 54.8 Å². The topological polar surface area (TPSA) is 92.0 Å². The molecular weight excluding hydrogens is 497 g/mol. The molecule has 1 saturated heterocycles. The van der Waals surface area contributed by atoms with Gasteiger partial charge in [-0.15, -0.1) is 12.4 Å². The van der Waals surface area contributed by atoms with E-state index in [4.69, 9.17) is 4.74 Å². The molecule has 1 amide bonds. The minimum atomic E-state index is -0.467. The predicted octanol–water partition coefficient (Wildman–Crippen LogP) is 4.20. The molecule has 1 aliphatic heterocycles. The number of amides is 1. The fourth-order valence-corrected chi connectivity index (χ4v) is 4.88. The molecule has 2 heterocycles. The van der Waals surface area contributed by atoms with Crippen molar-refractivity contribution in [3.63, 3.8) is 0 Å². The number of anilines is 2. The third-order valence-corrected chi connectivity index (χ3v) is 6.64. The molecule has 12 heteroatoms. The average molecular weight is 524 g/mol. The van der Waals surface area contributed by atoms with Crippen molar-refractivity contribution < 1.29 is 18.8 Å². The number of hydrogen-bond donors (Lipinski definition) is 0. The summed E-state index contributed by atoms with van der Waals surface area (Å²) in [6, 6.07) is 9.23. The Bertz CT molecular complexity index is 1200. The molecule has 0 spiro atoms. The zero-order valence-corrected chi connectivity index (χ0v) is 21.1. The lowest BCUT2D eigenvalue weighted by molar-refractivity contribution is -0.384. The number of carbonyl (C=O) groups is 1. The minimum absolute atomic E-state index is 0. The number of morpholine rings is 1. The van der Waals surface area contributed by atoms with Crippen LogP contribution in [0.2, 0.25) is 0 Å². The van der Waals surface area contributed by atoms with Crippen LogP contribution in [0.4, 0.5) is 20.9 Å². The van der Waals surface area contributed by atoms with Crippen molar-refractivity contribution >= 4 is 56.4 Å². The molecule has 1 aliphatic rings. The maximum atomic E-state index is 14.3. The van der Waals surface area contributed by atoms with Gasteiger partial charge in [-0.25, -0.2) is 9.37 Å². The second-order valence-electron chi connectivity index (χ2n) is 8.26. The first-order valence-corrected chi connectivity index (χ1v) is 11.8. The minimum Gasteiger partial charge on any atom is -0.378 e. The fraction of sp³-hybridized carbons (Fsp3) is 0.391. The number of nitrogens with zero attached hydrogens (tertiary/aromatic N) is 5. The summed E-state index contributed by atoms with van der Waals surface area (Å²) < 4.78 is 20.2. The van der Waals surface area contributed by atoms with E-state index in [1.807, 2.05) is 23.9 Å². The van der Waals surface area contributed by atoms with Crippen LogP contribution >= 0.6 is 23.7 Å². The zero-order chi connectivity index (χ0) is 24.2. The molecule has 0 radical (unpaired) electrons. The Labute approximate surface area is 212 Å². The van der Waals surface area contributed by atoms with E-state index in [0.717, 1.165) is 6.54 Å². The Morgan fingerprint density at radius 3 is 2.63 bits per heavy atom.